The van der Waals surface area contributed by atoms with E-state index in [1.54, 1.807) is 13.8 Å². The fourth-order valence-electron chi connectivity index (χ4n) is 1.98. The minimum atomic E-state index is -3.89. The third-order valence-electron chi connectivity index (χ3n) is 3.22. The first kappa shape index (κ1) is 16.5. The molecular weight excluding hydrogens is 280 g/mol. The van der Waals surface area contributed by atoms with Crippen LogP contribution in [-0.4, -0.2) is 36.4 Å². The summed E-state index contributed by atoms with van der Waals surface area (Å²) in [6, 6.07) is 3.58. The number of nitrogens with two attached hydrogens (primary N) is 1. The SMILES string of the molecule is CCC(C)N(CC)S(=O)(=O)c1cc(N)ccc1C(=O)O. The number of aromatic carboxylic acids is 1. The first-order valence-electron chi connectivity index (χ1n) is 6.40. The molecule has 20 heavy (non-hydrogen) atoms. The second kappa shape index (κ2) is 6.23. The molecule has 0 aromatic heterocycles. The van der Waals surface area contributed by atoms with E-state index in [0.29, 0.717) is 6.42 Å². The lowest BCUT2D eigenvalue weighted by Gasteiger charge is -2.27. The third-order valence-corrected chi connectivity index (χ3v) is 5.35. The number of hydrogen-bond donors (Lipinski definition) is 2. The Morgan fingerprint density at radius 1 is 1.40 bits per heavy atom. The summed E-state index contributed by atoms with van der Waals surface area (Å²) in [6.45, 7) is 5.65. The molecule has 0 fully saturated rings. The number of anilines is 1. The molecule has 0 radical (unpaired) electrons. The highest BCUT2D eigenvalue weighted by atomic mass is 32.2. The van der Waals surface area contributed by atoms with Gasteiger partial charge in [0.15, 0.2) is 0 Å². The van der Waals surface area contributed by atoms with Gasteiger partial charge in [-0.15, -0.1) is 0 Å². The lowest BCUT2D eigenvalue weighted by molar-refractivity contribution is 0.0692. The Kier molecular flexibility index (Phi) is 5.13. The van der Waals surface area contributed by atoms with Gasteiger partial charge < -0.3 is 10.8 Å². The molecule has 0 saturated heterocycles. The molecule has 1 aromatic rings. The summed E-state index contributed by atoms with van der Waals surface area (Å²) in [5.41, 5.74) is 5.55. The van der Waals surface area contributed by atoms with Gasteiger partial charge in [0.2, 0.25) is 10.0 Å². The number of carbonyl (C=O) groups is 1. The molecule has 0 saturated carbocycles. The molecule has 0 amide bonds. The number of rotatable bonds is 6. The summed E-state index contributed by atoms with van der Waals surface area (Å²) >= 11 is 0. The van der Waals surface area contributed by atoms with Gasteiger partial charge in [-0.2, -0.15) is 4.31 Å². The summed E-state index contributed by atoms with van der Waals surface area (Å²) in [7, 11) is -3.89. The summed E-state index contributed by atoms with van der Waals surface area (Å²) in [5, 5.41) is 9.15. The van der Waals surface area contributed by atoms with Gasteiger partial charge in [-0.25, -0.2) is 13.2 Å². The van der Waals surface area contributed by atoms with Gasteiger partial charge in [-0.3, -0.25) is 0 Å². The number of carboxylic acid groups (broad SMARTS) is 1. The quantitative estimate of drug-likeness (QED) is 0.780. The highest BCUT2D eigenvalue weighted by Crippen LogP contribution is 2.25. The molecule has 0 aliphatic heterocycles. The van der Waals surface area contributed by atoms with Crippen LogP contribution in [-0.2, 0) is 10.0 Å². The number of benzene rings is 1. The zero-order chi connectivity index (χ0) is 15.5. The zero-order valence-corrected chi connectivity index (χ0v) is 12.6. The van der Waals surface area contributed by atoms with Crippen molar-refractivity contribution in [2.45, 2.75) is 38.1 Å². The summed E-state index contributed by atoms with van der Waals surface area (Å²) in [5.74, 6) is -1.29. The van der Waals surface area contributed by atoms with Crippen LogP contribution in [0.4, 0.5) is 5.69 Å². The van der Waals surface area contributed by atoms with Crippen molar-refractivity contribution in [3.63, 3.8) is 0 Å². The number of nitrogens with zero attached hydrogens (tertiary/aromatic N) is 1. The number of hydrogen-bond acceptors (Lipinski definition) is 4. The van der Waals surface area contributed by atoms with Crippen LogP contribution in [0.5, 0.6) is 0 Å². The van der Waals surface area contributed by atoms with Gasteiger partial charge in [0.25, 0.3) is 0 Å². The van der Waals surface area contributed by atoms with E-state index in [-0.39, 0.29) is 28.7 Å². The molecule has 0 spiro atoms. The van der Waals surface area contributed by atoms with Gasteiger partial charge in [-0.1, -0.05) is 13.8 Å². The first-order valence-corrected chi connectivity index (χ1v) is 7.84. The van der Waals surface area contributed by atoms with E-state index in [9.17, 15) is 13.2 Å². The smallest absolute Gasteiger partial charge is 0.337 e. The van der Waals surface area contributed by atoms with Crippen molar-refractivity contribution in [1.82, 2.24) is 4.31 Å². The Morgan fingerprint density at radius 3 is 2.45 bits per heavy atom. The molecule has 0 aliphatic carbocycles. The predicted molar refractivity (Wildman–Crippen MR) is 77.1 cm³/mol. The zero-order valence-electron chi connectivity index (χ0n) is 11.8. The number of sulfonamides is 1. The van der Waals surface area contributed by atoms with Crippen LogP contribution in [0.25, 0.3) is 0 Å². The van der Waals surface area contributed by atoms with Crippen LogP contribution >= 0.6 is 0 Å². The Hall–Kier alpha value is -1.60. The number of carboxylic acids is 1. The van der Waals surface area contributed by atoms with Crippen molar-refractivity contribution in [3.05, 3.63) is 23.8 Å². The minimum absolute atomic E-state index is 0.215. The average molecular weight is 300 g/mol. The van der Waals surface area contributed by atoms with E-state index < -0.39 is 16.0 Å². The first-order chi connectivity index (χ1) is 9.25. The lowest BCUT2D eigenvalue weighted by atomic mass is 10.2. The third kappa shape index (κ3) is 3.10. The Morgan fingerprint density at radius 2 is 2.00 bits per heavy atom. The van der Waals surface area contributed by atoms with Crippen LogP contribution in [0.3, 0.4) is 0 Å². The van der Waals surface area contributed by atoms with E-state index in [1.165, 1.54) is 22.5 Å². The molecule has 0 aliphatic rings. The average Bonchev–Trinajstić information content (AvgIpc) is 2.38. The van der Waals surface area contributed by atoms with Gasteiger partial charge in [0, 0.05) is 18.3 Å². The van der Waals surface area contributed by atoms with Crippen LogP contribution in [0.1, 0.15) is 37.6 Å². The summed E-state index contributed by atoms with van der Waals surface area (Å²) in [6.07, 6.45) is 0.637. The second-order valence-electron chi connectivity index (χ2n) is 4.53. The molecule has 0 bridgehead atoms. The molecule has 1 unspecified atom stereocenters. The van der Waals surface area contributed by atoms with Gasteiger partial charge in [-0.05, 0) is 31.5 Å². The fraction of sp³-hybridized carbons (Fsp3) is 0.462. The standard InChI is InChI=1S/C13H20N2O4S/c1-4-9(3)15(5-2)20(18,19)12-8-10(14)6-7-11(12)13(16)17/h6-9H,4-5,14H2,1-3H3,(H,16,17). The molecular formula is C13H20N2O4S. The molecule has 3 N–H and O–H groups in total. The van der Waals surface area contributed by atoms with E-state index in [4.69, 9.17) is 10.8 Å². The second-order valence-corrected chi connectivity index (χ2v) is 6.39. The Bertz CT molecular complexity index is 598. The fourth-order valence-corrected chi connectivity index (χ4v) is 3.91. The van der Waals surface area contributed by atoms with Crippen molar-refractivity contribution >= 4 is 21.7 Å². The molecule has 1 aromatic carbocycles. The normalized spacial score (nSPS) is 13.4. The van der Waals surface area contributed by atoms with E-state index in [1.807, 2.05) is 6.92 Å². The highest BCUT2D eigenvalue weighted by Gasteiger charge is 2.30. The molecule has 0 heterocycles. The Balaban J connectivity index is 3.48. The largest absolute Gasteiger partial charge is 0.478 e. The van der Waals surface area contributed by atoms with Crippen molar-refractivity contribution in [1.29, 1.82) is 0 Å². The van der Waals surface area contributed by atoms with E-state index in [0.717, 1.165) is 0 Å². The highest BCUT2D eigenvalue weighted by molar-refractivity contribution is 7.89. The summed E-state index contributed by atoms with van der Waals surface area (Å²) in [4.78, 5) is 10.9. The maximum absolute atomic E-state index is 12.6. The predicted octanol–water partition coefficient (Wildman–Crippen LogP) is 1.78. The lowest BCUT2D eigenvalue weighted by Crippen LogP contribution is -2.38. The van der Waals surface area contributed by atoms with Gasteiger partial charge >= 0.3 is 5.97 Å². The molecule has 7 heteroatoms. The van der Waals surface area contributed by atoms with Crippen molar-refractivity contribution in [2.24, 2.45) is 0 Å². The molecule has 1 atom stereocenters. The Labute approximate surface area is 119 Å². The van der Waals surface area contributed by atoms with E-state index in [2.05, 4.69) is 0 Å². The monoisotopic (exact) mass is 300 g/mol. The number of nitrogen functional groups attached to an aromatic ring is 1. The van der Waals surface area contributed by atoms with E-state index >= 15 is 0 Å². The van der Waals surface area contributed by atoms with Crippen molar-refractivity contribution < 1.29 is 18.3 Å². The maximum atomic E-state index is 12.6. The van der Waals surface area contributed by atoms with Crippen LogP contribution < -0.4 is 5.73 Å². The van der Waals surface area contributed by atoms with Crippen LogP contribution in [0.2, 0.25) is 0 Å². The minimum Gasteiger partial charge on any atom is -0.478 e. The summed E-state index contributed by atoms with van der Waals surface area (Å²) < 4.78 is 26.6. The topological polar surface area (TPSA) is 101 Å². The van der Waals surface area contributed by atoms with Crippen LogP contribution in [0.15, 0.2) is 23.1 Å². The van der Waals surface area contributed by atoms with Crippen molar-refractivity contribution in [3.8, 4) is 0 Å². The van der Waals surface area contributed by atoms with Crippen molar-refractivity contribution in [2.75, 3.05) is 12.3 Å². The molecule has 112 valence electrons. The maximum Gasteiger partial charge on any atom is 0.337 e. The van der Waals surface area contributed by atoms with Gasteiger partial charge in [0.05, 0.1) is 10.5 Å². The molecule has 6 nitrogen and oxygen atoms in total. The molecule has 1 rings (SSSR count). The van der Waals surface area contributed by atoms with Crippen LogP contribution in [0, 0.1) is 0 Å². The van der Waals surface area contributed by atoms with Gasteiger partial charge in [0.1, 0.15) is 0 Å².